The number of nitrogens with one attached hydrogen (secondary N) is 1. The van der Waals surface area contributed by atoms with E-state index in [4.69, 9.17) is 0 Å². The number of ketones is 1. The number of amides is 1. The van der Waals surface area contributed by atoms with E-state index >= 15 is 0 Å². The number of rotatable bonds is 8. The lowest BCUT2D eigenvalue weighted by atomic mass is 9.96. The van der Waals surface area contributed by atoms with Crippen LogP contribution in [0.1, 0.15) is 36.9 Å². The third-order valence-electron chi connectivity index (χ3n) is 4.92. The van der Waals surface area contributed by atoms with E-state index in [1.807, 2.05) is 61.5 Å². The molecule has 6 heteroatoms. The van der Waals surface area contributed by atoms with Gasteiger partial charge in [-0.2, -0.15) is 0 Å². The maximum atomic E-state index is 13.2. The number of hydrogen-bond donors (Lipinski definition) is 1. The summed E-state index contributed by atoms with van der Waals surface area (Å²) < 4.78 is 0. The van der Waals surface area contributed by atoms with Crippen molar-refractivity contribution in [1.29, 1.82) is 0 Å². The van der Waals surface area contributed by atoms with Crippen LogP contribution in [0.25, 0.3) is 0 Å². The maximum absolute atomic E-state index is 13.2. The molecule has 0 unspecified atom stereocenters. The molecule has 1 heterocycles. The van der Waals surface area contributed by atoms with Gasteiger partial charge in [-0.15, -0.1) is 0 Å². The minimum absolute atomic E-state index is 0.151. The summed E-state index contributed by atoms with van der Waals surface area (Å²) in [4.78, 5) is 38.2. The van der Waals surface area contributed by atoms with Crippen LogP contribution in [0.4, 0.5) is 5.69 Å². The lowest BCUT2D eigenvalue weighted by molar-refractivity contribution is -0.305. The molecule has 1 aliphatic rings. The van der Waals surface area contributed by atoms with Crippen LogP contribution in [-0.4, -0.2) is 29.1 Å². The predicted molar refractivity (Wildman–Crippen MR) is 108 cm³/mol. The highest BCUT2D eigenvalue weighted by molar-refractivity contribution is 6.11. The first-order valence-electron chi connectivity index (χ1n) is 9.53. The number of hydrogen-bond acceptors (Lipinski definition) is 5. The van der Waals surface area contributed by atoms with Crippen molar-refractivity contribution in [2.24, 2.45) is 0 Å². The first-order chi connectivity index (χ1) is 13.9. The molecule has 2 aromatic carbocycles. The molecule has 3 rings (SSSR count). The quantitative estimate of drug-likeness (QED) is 0.746. The molecule has 0 aromatic heterocycles. The van der Waals surface area contributed by atoms with Crippen molar-refractivity contribution in [3.63, 3.8) is 0 Å². The molecular weight excluding hydrogens is 368 g/mol. The van der Waals surface area contributed by atoms with Crippen LogP contribution in [0, 0.1) is 6.92 Å². The van der Waals surface area contributed by atoms with Gasteiger partial charge in [-0.1, -0.05) is 48.0 Å². The second kappa shape index (κ2) is 8.73. The highest BCUT2D eigenvalue weighted by atomic mass is 16.4. The van der Waals surface area contributed by atoms with E-state index < -0.39 is 12.0 Å². The van der Waals surface area contributed by atoms with Gasteiger partial charge in [-0.25, -0.2) is 0 Å². The average Bonchev–Trinajstić information content (AvgIpc) is 2.96. The molecule has 0 saturated carbocycles. The number of carboxylic acid groups (broad SMARTS) is 1. The van der Waals surface area contributed by atoms with Crippen molar-refractivity contribution in [2.75, 3.05) is 11.9 Å². The van der Waals surface area contributed by atoms with Gasteiger partial charge in [0.1, 0.15) is 5.70 Å². The number of aliphatic carboxylic acids is 1. The van der Waals surface area contributed by atoms with Crippen LogP contribution in [0.5, 0.6) is 0 Å². The van der Waals surface area contributed by atoms with Gasteiger partial charge in [-0.05, 0) is 44.4 Å². The third kappa shape index (κ3) is 4.54. The Morgan fingerprint density at radius 1 is 1.07 bits per heavy atom. The highest BCUT2D eigenvalue weighted by Gasteiger charge is 2.41. The van der Waals surface area contributed by atoms with E-state index in [1.165, 1.54) is 6.92 Å². The van der Waals surface area contributed by atoms with Gasteiger partial charge >= 0.3 is 0 Å². The Bertz CT molecular complexity index is 949. The highest BCUT2D eigenvalue weighted by Crippen LogP contribution is 2.39. The number of Topliss-reactive ketones (excluding diaryl/α,β-unsaturated/α-hetero) is 1. The Morgan fingerprint density at radius 3 is 2.31 bits per heavy atom. The summed E-state index contributed by atoms with van der Waals surface area (Å²) in [5, 5.41) is 13.9. The molecule has 2 aromatic rings. The molecule has 150 valence electrons. The van der Waals surface area contributed by atoms with Crippen molar-refractivity contribution >= 4 is 23.3 Å². The molecule has 0 saturated heterocycles. The summed E-state index contributed by atoms with van der Waals surface area (Å²) in [6, 6.07) is 16.3. The number of carbonyl (C=O) groups excluding carboxylic acids is 3. The minimum atomic E-state index is -1.16. The van der Waals surface area contributed by atoms with E-state index in [9.17, 15) is 19.5 Å². The van der Waals surface area contributed by atoms with E-state index in [0.717, 1.165) is 11.1 Å². The molecule has 1 atom stereocenters. The molecule has 29 heavy (non-hydrogen) atoms. The molecule has 0 spiro atoms. The average molecular weight is 391 g/mol. The lowest BCUT2D eigenvalue weighted by Crippen LogP contribution is -2.33. The molecule has 1 aliphatic heterocycles. The van der Waals surface area contributed by atoms with Crippen LogP contribution in [0.15, 0.2) is 65.9 Å². The van der Waals surface area contributed by atoms with E-state index in [2.05, 4.69) is 5.32 Å². The van der Waals surface area contributed by atoms with Crippen LogP contribution >= 0.6 is 0 Å². The van der Waals surface area contributed by atoms with Gasteiger partial charge in [0.25, 0.3) is 5.91 Å². The number of carbonyl (C=O) groups is 3. The van der Waals surface area contributed by atoms with E-state index in [-0.39, 0.29) is 36.8 Å². The number of nitrogens with zero attached hydrogens (tertiary/aromatic N) is 1. The Kier molecular flexibility index (Phi) is 6.12. The number of carboxylic acids is 1. The van der Waals surface area contributed by atoms with Crippen molar-refractivity contribution in [1.82, 2.24) is 4.90 Å². The molecule has 0 radical (unpaired) electrons. The van der Waals surface area contributed by atoms with Crippen molar-refractivity contribution in [2.45, 2.75) is 32.7 Å². The van der Waals surface area contributed by atoms with E-state index in [1.54, 1.807) is 4.90 Å². The van der Waals surface area contributed by atoms with Crippen LogP contribution in [-0.2, 0) is 14.4 Å². The minimum Gasteiger partial charge on any atom is -0.550 e. The second-order valence-electron chi connectivity index (χ2n) is 7.12. The molecule has 1 N–H and O–H groups in total. The molecule has 6 nitrogen and oxygen atoms in total. The van der Waals surface area contributed by atoms with Gasteiger partial charge in [0.15, 0.2) is 5.78 Å². The summed E-state index contributed by atoms with van der Waals surface area (Å²) in [6.45, 7) is 3.62. The van der Waals surface area contributed by atoms with Gasteiger partial charge in [0.05, 0.1) is 11.6 Å². The monoisotopic (exact) mass is 391 g/mol. The zero-order valence-electron chi connectivity index (χ0n) is 16.5. The predicted octanol–water partition coefficient (Wildman–Crippen LogP) is 2.36. The van der Waals surface area contributed by atoms with Crippen LogP contribution in [0.3, 0.4) is 0 Å². The third-order valence-corrected chi connectivity index (χ3v) is 4.92. The number of benzene rings is 2. The smallest absolute Gasteiger partial charge is 0.271 e. The standard InChI is InChI=1S/C23H24N2O4/c1-15-10-12-18(13-11-15)24-21-20(16(2)26)22(17-7-4-3-5-8-17)25(23(21)29)14-6-9-19(27)28/h3-5,7-8,10-13,22,24H,6,9,14H2,1-2H3,(H,27,28)/p-1/t22-/m0/s1. The molecule has 0 bridgehead atoms. The Balaban J connectivity index is 2.01. The van der Waals surface area contributed by atoms with Gasteiger partial charge in [-0.3, -0.25) is 9.59 Å². The normalized spacial score (nSPS) is 16.3. The Hall–Kier alpha value is -3.41. The van der Waals surface area contributed by atoms with Crippen molar-refractivity contribution < 1.29 is 19.5 Å². The fraction of sp³-hybridized carbons (Fsp3) is 0.261. The molecule has 0 aliphatic carbocycles. The number of aryl methyl sites for hydroxylation is 1. The first kappa shape index (κ1) is 20.3. The fourth-order valence-electron chi connectivity index (χ4n) is 3.55. The Morgan fingerprint density at radius 2 is 1.72 bits per heavy atom. The van der Waals surface area contributed by atoms with Gasteiger partial charge < -0.3 is 20.1 Å². The summed E-state index contributed by atoms with van der Waals surface area (Å²) in [6.07, 6.45) is 0.0990. The topological polar surface area (TPSA) is 89.5 Å². The largest absolute Gasteiger partial charge is 0.550 e. The second-order valence-corrected chi connectivity index (χ2v) is 7.12. The number of anilines is 1. The summed E-state index contributed by atoms with van der Waals surface area (Å²) in [5.74, 6) is -1.68. The van der Waals surface area contributed by atoms with Crippen molar-refractivity contribution in [3.8, 4) is 0 Å². The van der Waals surface area contributed by atoms with Crippen LogP contribution in [0.2, 0.25) is 0 Å². The first-order valence-corrected chi connectivity index (χ1v) is 9.53. The SMILES string of the molecule is CC(=O)C1=C(Nc2ccc(C)cc2)C(=O)N(CCCC(=O)[O-])[C@H]1c1ccccc1. The van der Waals surface area contributed by atoms with Gasteiger partial charge in [0.2, 0.25) is 0 Å². The Labute approximate surface area is 169 Å². The van der Waals surface area contributed by atoms with Crippen LogP contribution < -0.4 is 10.4 Å². The summed E-state index contributed by atoms with van der Waals surface area (Å²) in [7, 11) is 0. The fourth-order valence-corrected chi connectivity index (χ4v) is 3.55. The molecule has 0 fully saturated rings. The summed E-state index contributed by atoms with van der Waals surface area (Å²) in [5.41, 5.74) is 3.22. The van der Waals surface area contributed by atoms with E-state index in [0.29, 0.717) is 11.3 Å². The van der Waals surface area contributed by atoms with Crippen molar-refractivity contribution in [3.05, 3.63) is 77.0 Å². The maximum Gasteiger partial charge on any atom is 0.271 e. The molecular formula is C23H23N2O4-. The zero-order chi connectivity index (χ0) is 21.0. The lowest BCUT2D eigenvalue weighted by Gasteiger charge is -2.27. The van der Waals surface area contributed by atoms with Gasteiger partial charge in [0, 0.05) is 18.2 Å². The summed E-state index contributed by atoms with van der Waals surface area (Å²) >= 11 is 0. The zero-order valence-corrected chi connectivity index (χ0v) is 16.5. The molecule has 1 amide bonds.